The molecule has 0 saturated heterocycles. The van der Waals surface area contributed by atoms with Gasteiger partial charge in [0.2, 0.25) is 5.91 Å². The van der Waals surface area contributed by atoms with Gasteiger partial charge in [0.05, 0.1) is 31.3 Å². The van der Waals surface area contributed by atoms with Gasteiger partial charge in [0.25, 0.3) is 0 Å². The molecule has 1 amide bonds. The number of carbonyl (C=O) groups is 1. The maximum absolute atomic E-state index is 12.3. The van der Waals surface area contributed by atoms with Gasteiger partial charge in [-0.2, -0.15) is 0 Å². The molecule has 0 aromatic carbocycles. The van der Waals surface area contributed by atoms with Crippen LogP contribution in [0.2, 0.25) is 0 Å². The van der Waals surface area contributed by atoms with Crippen LogP contribution >= 0.6 is 0 Å². The monoisotopic (exact) mass is 648 g/mol. The molecule has 0 aromatic heterocycles. The highest BCUT2D eigenvalue weighted by molar-refractivity contribution is 5.76. The molecule has 5 nitrogen and oxygen atoms in total. The highest BCUT2D eigenvalue weighted by Gasteiger charge is 2.20. The smallest absolute Gasteiger partial charge is 0.222 e. The van der Waals surface area contributed by atoms with Crippen molar-refractivity contribution in [1.29, 1.82) is 0 Å². The van der Waals surface area contributed by atoms with E-state index in [1.807, 2.05) is 6.08 Å². The first-order valence-electron chi connectivity index (χ1n) is 19.8. The zero-order valence-electron chi connectivity index (χ0n) is 30.5. The van der Waals surface area contributed by atoms with Gasteiger partial charge in [0, 0.05) is 0 Å². The number of amides is 1. The normalized spacial score (nSPS) is 14.1. The third-order valence-corrected chi connectivity index (χ3v) is 8.91. The van der Waals surface area contributed by atoms with E-state index in [2.05, 4.69) is 43.5 Å². The molecule has 0 aliphatic heterocycles. The summed E-state index contributed by atoms with van der Waals surface area (Å²) in [7, 11) is 0. The Kier molecular flexibility index (Phi) is 35.3. The van der Waals surface area contributed by atoms with E-state index < -0.39 is 18.2 Å². The number of rotatable bonds is 35. The Morgan fingerprint density at radius 2 is 0.935 bits per heavy atom. The van der Waals surface area contributed by atoms with Crippen LogP contribution in [-0.4, -0.2) is 46.1 Å². The van der Waals surface area contributed by atoms with Gasteiger partial charge in [0.1, 0.15) is 0 Å². The molecule has 0 rings (SSSR count). The first kappa shape index (κ1) is 44.6. The Morgan fingerprint density at radius 1 is 0.543 bits per heavy atom. The third kappa shape index (κ3) is 32.5. The van der Waals surface area contributed by atoms with Gasteiger partial charge in [0.15, 0.2) is 0 Å². The second-order valence-electron chi connectivity index (χ2n) is 13.5. The number of nitrogens with one attached hydrogen (secondary N) is 1. The van der Waals surface area contributed by atoms with Gasteiger partial charge in [-0.3, -0.25) is 4.79 Å². The van der Waals surface area contributed by atoms with E-state index in [0.29, 0.717) is 6.42 Å². The average molecular weight is 648 g/mol. The molecular formula is C41H77NO4. The first-order valence-corrected chi connectivity index (χ1v) is 19.8. The lowest BCUT2D eigenvalue weighted by atomic mass is 10.0. The molecule has 5 heteroatoms. The lowest BCUT2D eigenvalue weighted by molar-refractivity contribution is -0.124. The highest BCUT2D eigenvalue weighted by Crippen LogP contribution is 2.14. The lowest BCUT2D eigenvalue weighted by Crippen LogP contribution is -2.45. The molecule has 270 valence electrons. The average Bonchev–Trinajstić information content (AvgIpc) is 3.05. The van der Waals surface area contributed by atoms with Crippen molar-refractivity contribution >= 4 is 5.91 Å². The van der Waals surface area contributed by atoms with Crippen molar-refractivity contribution in [3.8, 4) is 0 Å². The van der Waals surface area contributed by atoms with Gasteiger partial charge in [-0.05, 0) is 44.9 Å². The topological polar surface area (TPSA) is 89.8 Å². The minimum atomic E-state index is -0.956. The number of unbranched alkanes of at least 4 members (excludes halogenated alkanes) is 22. The zero-order chi connectivity index (χ0) is 33.8. The van der Waals surface area contributed by atoms with E-state index in [1.165, 1.54) is 128 Å². The van der Waals surface area contributed by atoms with Crippen molar-refractivity contribution in [2.75, 3.05) is 6.61 Å². The third-order valence-electron chi connectivity index (χ3n) is 8.91. The standard InChI is InChI=1S/C41H77NO4/c1-3-5-7-9-11-12-13-14-15-16-17-18-19-20-21-22-23-24-25-26-27-29-31-33-35-40(45)39(37-43)42-41(46)36-38(44)34-32-30-28-10-8-6-4-2/h22-23,26-27,33,35,38-40,43-45H,3-21,24-25,28-32,34,36-37H2,1-2H3,(H,42,46)/b23-22+,27-26+,35-33+. The summed E-state index contributed by atoms with van der Waals surface area (Å²) in [6, 6.07) is -0.763. The highest BCUT2D eigenvalue weighted by atomic mass is 16.3. The van der Waals surface area contributed by atoms with Gasteiger partial charge >= 0.3 is 0 Å². The van der Waals surface area contributed by atoms with Crippen LogP contribution in [0.3, 0.4) is 0 Å². The summed E-state index contributed by atoms with van der Waals surface area (Å²) < 4.78 is 0. The van der Waals surface area contributed by atoms with Crippen molar-refractivity contribution in [2.24, 2.45) is 0 Å². The van der Waals surface area contributed by atoms with E-state index in [0.717, 1.165) is 38.5 Å². The second kappa shape index (κ2) is 36.4. The van der Waals surface area contributed by atoms with Crippen LogP contribution in [0.25, 0.3) is 0 Å². The molecule has 0 saturated carbocycles. The van der Waals surface area contributed by atoms with Crippen molar-refractivity contribution in [2.45, 2.75) is 212 Å². The lowest BCUT2D eigenvalue weighted by Gasteiger charge is -2.20. The van der Waals surface area contributed by atoms with Gasteiger partial charge in [-0.25, -0.2) is 0 Å². The molecule has 0 spiro atoms. The van der Waals surface area contributed by atoms with Gasteiger partial charge in [-0.1, -0.05) is 179 Å². The molecule has 0 bridgehead atoms. The minimum Gasteiger partial charge on any atom is -0.394 e. The molecule has 0 aliphatic carbocycles. The Hall–Kier alpha value is -1.43. The van der Waals surface area contributed by atoms with Crippen LogP contribution in [0.15, 0.2) is 36.5 Å². The molecule has 0 aromatic rings. The Balaban J connectivity index is 3.71. The number of hydrogen-bond acceptors (Lipinski definition) is 4. The SMILES string of the molecule is CCCCCCCCCCCCCCCC/C=C/CC/C=C/CC/C=C/C(O)C(CO)NC(=O)CC(O)CCCCCCCCC. The summed E-state index contributed by atoms with van der Waals surface area (Å²) in [6.07, 6.45) is 44.5. The summed E-state index contributed by atoms with van der Waals surface area (Å²) in [5.41, 5.74) is 0. The summed E-state index contributed by atoms with van der Waals surface area (Å²) >= 11 is 0. The molecule has 3 atom stereocenters. The van der Waals surface area contributed by atoms with Crippen molar-refractivity contribution in [3.05, 3.63) is 36.5 Å². The first-order chi connectivity index (χ1) is 22.5. The zero-order valence-corrected chi connectivity index (χ0v) is 30.5. The van der Waals surface area contributed by atoms with E-state index in [-0.39, 0.29) is 18.9 Å². The molecule has 3 unspecified atom stereocenters. The summed E-state index contributed by atoms with van der Waals surface area (Å²) in [5, 5.41) is 32.9. The van der Waals surface area contributed by atoms with Crippen LogP contribution in [0.5, 0.6) is 0 Å². The van der Waals surface area contributed by atoms with Crippen LogP contribution in [-0.2, 0) is 4.79 Å². The van der Waals surface area contributed by atoms with Gasteiger partial charge in [-0.15, -0.1) is 0 Å². The summed E-state index contributed by atoms with van der Waals surface area (Å²) in [5.74, 6) is -0.335. The molecule has 0 heterocycles. The maximum Gasteiger partial charge on any atom is 0.222 e. The van der Waals surface area contributed by atoms with Crippen molar-refractivity contribution in [1.82, 2.24) is 5.32 Å². The molecule has 0 fully saturated rings. The van der Waals surface area contributed by atoms with Crippen LogP contribution in [0, 0.1) is 0 Å². The maximum atomic E-state index is 12.3. The van der Waals surface area contributed by atoms with E-state index in [4.69, 9.17) is 0 Å². The van der Waals surface area contributed by atoms with Crippen LogP contribution in [0.4, 0.5) is 0 Å². The molecule has 4 N–H and O–H groups in total. The Labute approximate surface area is 285 Å². The van der Waals surface area contributed by atoms with Crippen LogP contribution < -0.4 is 5.32 Å². The van der Waals surface area contributed by atoms with Gasteiger partial charge < -0.3 is 20.6 Å². The van der Waals surface area contributed by atoms with E-state index in [1.54, 1.807) is 6.08 Å². The number of carbonyl (C=O) groups excluding carboxylic acids is 1. The fraction of sp³-hybridized carbons (Fsp3) is 0.829. The fourth-order valence-electron chi connectivity index (χ4n) is 5.84. The van der Waals surface area contributed by atoms with E-state index in [9.17, 15) is 20.1 Å². The quantitative estimate of drug-likeness (QED) is 0.0407. The molecule has 0 aliphatic rings. The number of allylic oxidation sites excluding steroid dienone is 5. The summed E-state index contributed by atoms with van der Waals surface area (Å²) in [6.45, 7) is 4.14. The molecule has 46 heavy (non-hydrogen) atoms. The minimum absolute atomic E-state index is 0.00221. The van der Waals surface area contributed by atoms with Crippen molar-refractivity contribution in [3.63, 3.8) is 0 Å². The molecule has 0 radical (unpaired) electrons. The fourth-order valence-corrected chi connectivity index (χ4v) is 5.84. The van der Waals surface area contributed by atoms with E-state index >= 15 is 0 Å². The predicted molar refractivity (Wildman–Crippen MR) is 199 cm³/mol. The second-order valence-corrected chi connectivity index (χ2v) is 13.5. The summed E-state index contributed by atoms with van der Waals surface area (Å²) in [4.78, 5) is 12.3. The Morgan fingerprint density at radius 3 is 1.39 bits per heavy atom. The predicted octanol–water partition coefficient (Wildman–Crippen LogP) is 10.8. The Bertz CT molecular complexity index is 719. The van der Waals surface area contributed by atoms with Crippen LogP contribution in [0.1, 0.15) is 194 Å². The largest absolute Gasteiger partial charge is 0.394 e. The number of hydrogen-bond donors (Lipinski definition) is 4. The van der Waals surface area contributed by atoms with Crippen molar-refractivity contribution < 1.29 is 20.1 Å². The molecular weight excluding hydrogens is 570 g/mol. The number of aliphatic hydroxyl groups is 3. The number of aliphatic hydroxyl groups excluding tert-OH is 3.